The lowest BCUT2D eigenvalue weighted by atomic mass is 9.94. The molecule has 2 aromatic heterocycles. The predicted octanol–water partition coefficient (Wildman–Crippen LogP) is 8.69. The van der Waals surface area contributed by atoms with Gasteiger partial charge < -0.3 is 14.4 Å². The summed E-state index contributed by atoms with van der Waals surface area (Å²) in [6.07, 6.45) is 3.84. The number of nitrogens with one attached hydrogen (secondary N) is 1. The average Bonchev–Trinajstić information content (AvgIpc) is 3.70. The standard InChI is InChI=1S/C37H36ClF3N6O4S/c1-36(2,3)51-35(49)45-33-24(16-42)27-22(8-9-26(40)31(27)52-33)28-25(38)13-23-30(29(28)41)43-34(44-32(23)46-11-5-4-7-21(48)18-46)50-19-37-10-6-12-47(37)17-20(14-37)15-39/h8-9,13,15H,4-7,10-12,14,17-19H2,1-3H3,(H,45,49)/b20-15-. The van der Waals surface area contributed by atoms with Crippen molar-refractivity contribution in [2.45, 2.75) is 70.4 Å². The first kappa shape index (κ1) is 35.9. The Morgan fingerprint density at radius 3 is 2.75 bits per heavy atom. The molecule has 7 rings (SSSR count). The van der Waals surface area contributed by atoms with Gasteiger partial charge >= 0.3 is 12.1 Å². The van der Waals surface area contributed by atoms with Crippen LogP contribution in [0.2, 0.25) is 5.02 Å². The third kappa shape index (κ3) is 6.66. The molecule has 0 radical (unpaired) electrons. The first-order valence-electron chi connectivity index (χ1n) is 17.1. The molecule has 1 atom stereocenters. The second kappa shape index (κ2) is 13.8. The van der Waals surface area contributed by atoms with Crippen LogP contribution in [0.25, 0.3) is 32.1 Å². The van der Waals surface area contributed by atoms with Crippen molar-refractivity contribution in [1.29, 1.82) is 5.26 Å². The van der Waals surface area contributed by atoms with Gasteiger partial charge in [0, 0.05) is 35.8 Å². The van der Waals surface area contributed by atoms with Crippen molar-refractivity contribution in [3.05, 3.63) is 52.3 Å². The van der Waals surface area contributed by atoms with Crippen molar-refractivity contribution in [3.63, 3.8) is 0 Å². The Balaban J connectivity index is 1.37. The number of benzene rings is 2. The maximum Gasteiger partial charge on any atom is 0.412 e. The molecule has 10 nitrogen and oxygen atoms in total. The molecule has 1 amide bonds. The maximum absolute atomic E-state index is 17.2. The smallest absolute Gasteiger partial charge is 0.412 e. The van der Waals surface area contributed by atoms with Crippen LogP contribution < -0.4 is 15.0 Å². The van der Waals surface area contributed by atoms with Crippen LogP contribution in [0.5, 0.6) is 6.01 Å². The highest BCUT2D eigenvalue weighted by molar-refractivity contribution is 7.23. The minimum atomic E-state index is -0.869. The summed E-state index contributed by atoms with van der Waals surface area (Å²) >= 11 is 7.69. The second-order valence-corrected chi connectivity index (χ2v) is 15.9. The molecule has 2 aromatic carbocycles. The van der Waals surface area contributed by atoms with E-state index in [9.17, 15) is 19.2 Å². The number of ketones is 1. The Kier molecular flexibility index (Phi) is 9.56. The molecular formula is C37H36ClF3N6O4S. The van der Waals surface area contributed by atoms with E-state index in [1.165, 1.54) is 12.1 Å². The van der Waals surface area contributed by atoms with Gasteiger partial charge in [-0.2, -0.15) is 15.2 Å². The van der Waals surface area contributed by atoms with Crippen LogP contribution >= 0.6 is 22.9 Å². The number of hydrogen-bond donors (Lipinski definition) is 1. The summed E-state index contributed by atoms with van der Waals surface area (Å²) in [6, 6.07) is 5.89. The van der Waals surface area contributed by atoms with Gasteiger partial charge in [0.15, 0.2) is 11.6 Å². The zero-order chi connectivity index (χ0) is 36.9. The number of fused-ring (bicyclic) bond motifs is 3. The third-order valence-electron chi connectivity index (χ3n) is 9.74. The maximum atomic E-state index is 17.2. The van der Waals surface area contributed by atoms with E-state index in [0.717, 1.165) is 36.8 Å². The van der Waals surface area contributed by atoms with Crippen LogP contribution in [0.1, 0.15) is 64.9 Å². The summed E-state index contributed by atoms with van der Waals surface area (Å²) in [5.74, 6) is -1.26. The topological polar surface area (TPSA) is 121 Å². The van der Waals surface area contributed by atoms with E-state index < -0.39 is 28.9 Å². The molecule has 3 aliphatic rings. The highest BCUT2D eigenvalue weighted by atomic mass is 35.5. The zero-order valence-electron chi connectivity index (χ0n) is 28.9. The molecule has 0 bridgehead atoms. The van der Waals surface area contributed by atoms with Crippen LogP contribution in [-0.2, 0) is 9.53 Å². The fourth-order valence-electron chi connectivity index (χ4n) is 7.51. The Morgan fingerprint density at radius 1 is 1.19 bits per heavy atom. The molecule has 3 saturated heterocycles. The third-order valence-corrected chi connectivity index (χ3v) is 11.2. The van der Waals surface area contributed by atoms with Gasteiger partial charge in [-0.25, -0.2) is 18.0 Å². The lowest BCUT2D eigenvalue weighted by Crippen LogP contribution is -2.43. The van der Waals surface area contributed by atoms with Gasteiger partial charge in [0.1, 0.15) is 40.4 Å². The predicted molar refractivity (Wildman–Crippen MR) is 194 cm³/mol. The summed E-state index contributed by atoms with van der Waals surface area (Å²) in [5, 5.41) is 13.0. The summed E-state index contributed by atoms with van der Waals surface area (Å²) in [5.41, 5.74) is -0.884. The molecule has 0 aliphatic carbocycles. The molecule has 52 heavy (non-hydrogen) atoms. The van der Waals surface area contributed by atoms with E-state index in [1.54, 1.807) is 25.7 Å². The van der Waals surface area contributed by atoms with Crippen molar-refractivity contribution in [3.8, 4) is 23.2 Å². The Labute approximate surface area is 307 Å². The average molecular weight is 753 g/mol. The molecule has 5 heterocycles. The molecule has 3 fully saturated rings. The molecule has 4 aromatic rings. The monoisotopic (exact) mass is 752 g/mol. The largest absolute Gasteiger partial charge is 0.461 e. The number of hydrogen-bond acceptors (Lipinski definition) is 10. The molecule has 0 saturated carbocycles. The van der Waals surface area contributed by atoms with Crippen LogP contribution in [0, 0.1) is 23.0 Å². The van der Waals surface area contributed by atoms with Gasteiger partial charge in [-0.05, 0) is 82.7 Å². The lowest BCUT2D eigenvalue weighted by Gasteiger charge is -2.31. The van der Waals surface area contributed by atoms with Gasteiger partial charge in [0.25, 0.3) is 0 Å². The van der Waals surface area contributed by atoms with Crippen LogP contribution in [0.3, 0.4) is 0 Å². The molecule has 15 heteroatoms. The van der Waals surface area contributed by atoms with E-state index in [4.69, 9.17) is 26.1 Å². The number of amides is 1. The summed E-state index contributed by atoms with van der Waals surface area (Å²) in [6.45, 7) is 7.02. The number of carbonyl (C=O) groups excluding carboxylic acids is 2. The van der Waals surface area contributed by atoms with E-state index in [-0.39, 0.29) is 78.5 Å². The van der Waals surface area contributed by atoms with Crippen LogP contribution in [0.4, 0.5) is 28.8 Å². The fourth-order valence-corrected chi connectivity index (χ4v) is 8.87. The molecule has 0 spiro atoms. The number of ether oxygens (including phenoxy) is 2. The van der Waals surface area contributed by atoms with Gasteiger partial charge in [0.05, 0.1) is 33.7 Å². The number of anilines is 2. The van der Waals surface area contributed by atoms with Gasteiger partial charge in [0.2, 0.25) is 0 Å². The first-order chi connectivity index (χ1) is 24.8. The quantitative estimate of drug-likeness (QED) is 0.206. The first-order valence-corrected chi connectivity index (χ1v) is 18.3. The van der Waals surface area contributed by atoms with Crippen molar-refractivity contribution in [1.82, 2.24) is 14.9 Å². The highest BCUT2D eigenvalue weighted by Gasteiger charge is 2.47. The number of Topliss-reactive ketones (excluding diaryl/α,β-unsaturated/α-hetero) is 1. The van der Waals surface area contributed by atoms with Crippen molar-refractivity contribution in [2.75, 3.05) is 43.0 Å². The molecule has 3 aliphatic heterocycles. The minimum absolute atomic E-state index is 0.00443. The minimum Gasteiger partial charge on any atom is -0.461 e. The zero-order valence-corrected chi connectivity index (χ0v) is 30.4. The number of halogens is 4. The van der Waals surface area contributed by atoms with Gasteiger partial charge in [-0.15, -0.1) is 11.3 Å². The molecule has 1 N–H and O–H groups in total. The number of nitrogens with zero attached hydrogens (tertiary/aromatic N) is 5. The number of carbonyl (C=O) groups is 2. The number of aromatic nitrogens is 2. The summed E-state index contributed by atoms with van der Waals surface area (Å²) < 4.78 is 57.7. The van der Waals surface area contributed by atoms with E-state index in [2.05, 4.69) is 15.2 Å². The van der Waals surface area contributed by atoms with Gasteiger partial charge in [-0.1, -0.05) is 17.7 Å². The second-order valence-electron chi connectivity index (χ2n) is 14.5. The molecule has 1 unspecified atom stereocenters. The SMILES string of the molecule is CC(C)(C)OC(=O)Nc1sc2c(F)ccc(-c3c(Cl)cc4c(N5CCCCC(=O)C5)nc(OCC56CCCN5C/C(=C\F)C6)nc4c3F)c2c1C#N. The Hall–Kier alpha value is -4.45. The Morgan fingerprint density at radius 2 is 2.00 bits per heavy atom. The van der Waals surface area contributed by atoms with Crippen LogP contribution in [-0.4, -0.2) is 70.7 Å². The molecule has 272 valence electrons. The Bertz CT molecular complexity index is 2200. The van der Waals surface area contributed by atoms with E-state index in [0.29, 0.717) is 50.7 Å². The van der Waals surface area contributed by atoms with E-state index >= 15 is 8.78 Å². The van der Waals surface area contributed by atoms with Crippen LogP contribution in [0.15, 0.2) is 30.1 Å². The number of nitriles is 1. The number of thiophene rings is 1. The summed E-state index contributed by atoms with van der Waals surface area (Å²) in [7, 11) is 0. The normalized spacial score (nSPS) is 20.4. The fraction of sp³-hybridized carbons (Fsp3) is 0.432. The summed E-state index contributed by atoms with van der Waals surface area (Å²) in [4.78, 5) is 38.6. The highest BCUT2D eigenvalue weighted by Crippen LogP contribution is 2.47. The van der Waals surface area contributed by atoms with Gasteiger partial charge in [-0.3, -0.25) is 15.0 Å². The molecular weight excluding hydrogens is 717 g/mol. The van der Waals surface area contributed by atoms with Crippen molar-refractivity contribution in [2.24, 2.45) is 0 Å². The lowest BCUT2D eigenvalue weighted by molar-refractivity contribution is -0.117. The van der Waals surface area contributed by atoms with Crippen molar-refractivity contribution >= 4 is 66.6 Å². The van der Waals surface area contributed by atoms with E-state index in [1.807, 2.05) is 6.07 Å². The van der Waals surface area contributed by atoms with Crippen molar-refractivity contribution < 1.29 is 32.2 Å². The number of rotatable bonds is 6.